The Morgan fingerprint density at radius 1 is 1.67 bits per heavy atom. The molecule has 2 rings (SSSR count). The van der Waals surface area contributed by atoms with Gasteiger partial charge < -0.3 is 10.1 Å². The minimum atomic E-state index is -0.920. The predicted molar refractivity (Wildman–Crippen MR) is 62.1 cm³/mol. The van der Waals surface area contributed by atoms with Crippen LogP contribution >= 0.6 is 15.9 Å². The van der Waals surface area contributed by atoms with E-state index in [9.17, 15) is 4.79 Å². The van der Waals surface area contributed by atoms with E-state index in [0.29, 0.717) is 5.92 Å². The van der Waals surface area contributed by atoms with Gasteiger partial charge in [0, 0.05) is 4.48 Å². The lowest BCUT2D eigenvalue weighted by Crippen LogP contribution is -1.95. The van der Waals surface area contributed by atoms with Gasteiger partial charge in [-0.3, -0.25) is 0 Å². The first-order valence-electron chi connectivity index (χ1n) is 4.88. The fourth-order valence-corrected chi connectivity index (χ4v) is 2.26. The summed E-state index contributed by atoms with van der Waals surface area (Å²) in [5.74, 6) is -0.258. The second-order valence-electron chi connectivity index (χ2n) is 3.90. The van der Waals surface area contributed by atoms with E-state index in [0.717, 1.165) is 15.7 Å². The molecule has 1 heterocycles. The lowest BCUT2D eigenvalue weighted by Gasteiger charge is -1.97. The number of aromatic nitrogens is 1. The number of aromatic amines is 1. The molecule has 1 saturated carbocycles. The highest BCUT2D eigenvalue weighted by Gasteiger charge is 2.20. The topological polar surface area (TPSA) is 53.1 Å². The van der Waals surface area contributed by atoms with E-state index in [2.05, 4.69) is 27.0 Å². The van der Waals surface area contributed by atoms with Crippen molar-refractivity contribution >= 4 is 26.4 Å². The van der Waals surface area contributed by atoms with E-state index in [-0.39, 0.29) is 5.69 Å². The third kappa shape index (κ3) is 2.31. The standard InChI is InChI=1S/C11H12BrNO2/c1-6-4-9(11(14)15)13-10(6)8(12)5-7-2-3-7/h4-5,7,13H,2-3H2,1H3,(H,14,15)/b8-5+. The maximum absolute atomic E-state index is 10.8. The van der Waals surface area contributed by atoms with Gasteiger partial charge in [-0.05, 0) is 53.2 Å². The Labute approximate surface area is 96.3 Å². The van der Waals surface area contributed by atoms with E-state index in [1.807, 2.05) is 6.92 Å². The van der Waals surface area contributed by atoms with Gasteiger partial charge in [0.25, 0.3) is 0 Å². The average Bonchev–Trinajstić information content (AvgIpc) is 2.86. The van der Waals surface area contributed by atoms with Crippen LogP contribution in [-0.4, -0.2) is 16.1 Å². The Hall–Kier alpha value is -1.03. The van der Waals surface area contributed by atoms with Gasteiger partial charge in [0.15, 0.2) is 0 Å². The van der Waals surface area contributed by atoms with Gasteiger partial charge in [0.2, 0.25) is 0 Å². The summed E-state index contributed by atoms with van der Waals surface area (Å²) in [6.45, 7) is 1.90. The van der Waals surface area contributed by atoms with Crippen molar-refractivity contribution in [3.63, 3.8) is 0 Å². The lowest BCUT2D eigenvalue weighted by atomic mass is 10.2. The molecule has 80 valence electrons. The van der Waals surface area contributed by atoms with Crippen LogP contribution in [0.5, 0.6) is 0 Å². The predicted octanol–water partition coefficient (Wildman–Crippen LogP) is 3.17. The van der Waals surface area contributed by atoms with Crippen LogP contribution in [0.1, 0.15) is 34.6 Å². The van der Waals surface area contributed by atoms with E-state index in [1.54, 1.807) is 6.07 Å². The van der Waals surface area contributed by atoms with Gasteiger partial charge in [0.1, 0.15) is 5.69 Å². The molecular formula is C11H12BrNO2. The van der Waals surface area contributed by atoms with Crippen LogP contribution < -0.4 is 0 Å². The van der Waals surface area contributed by atoms with Crippen LogP contribution in [0.25, 0.3) is 4.48 Å². The van der Waals surface area contributed by atoms with E-state index >= 15 is 0 Å². The zero-order valence-corrected chi connectivity index (χ0v) is 9.97. The largest absolute Gasteiger partial charge is 0.477 e. The summed E-state index contributed by atoms with van der Waals surface area (Å²) in [4.78, 5) is 13.7. The van der Waals surface area contributed by atoms with Crippen LogP contribution in [0, 0.1) is 12.8 Å². The smallest absolute Gasteiger partial charge is 0.352 e. The molecule has 0 aliphatic heterocycles. The normalized spacial score (nSPS) is 16.8. The molecular weight excluding hydrogens is 258 g/mol. The molecule has 1 aliphatic rings. The van der Waals surface area contributed by atoms with Crippen LogP contribution in [0.2, 0.25) is 0 Å². The second-order valence-corrected chi connectivity index (χ2v) is 4.75. The molecule has 1 aromatic heterocycles. The molecule has 0 saturated heterocycles. The fraction of sp³-hybridized carbons (Fsp3) is 0.364. The van der Waals surface area contributed by atoms with Crippen molar-refractivity contribution in [3.05, 3.63) is 29.1 Å². The van der Waals surface area contributed by atoms with Gasteiger partial charge in [0.05, 0.1) is 5.69 Å². The minimum absolute atomic E-state index is 0.239. The summed E-state index contributed by atoms with van der Waals surface area (Å²) in [6, 6.07) is 1.65. The number of hydrogen-bond donors (Lipinski definition) is 2. The third-order valence-electron chi connectivity index (χ3n) is 2.49. The lowest BCUT2D eigenvalue weighted by molar-refractivity contribution is 0.0691. The molecule has 1 aromatic rings. The molecule has 2 N–H and O–H groups in total. The van der Waals surface area contributed by atoms with Crippen LogP contribution in [0.15, 0.2) is 12.1 Å². The van der Waals surface area contributed by atoms with Crippen molar-refractivity contribution in [2.45, 2.75) is 19.8 Å². The van der Waals surface area contributed by atoms with E-state index < -0.39 is 5.97 Å². The molecule has 0 amide bonds. The molecule has 0 atom stereocenters. The summed E-state index contributed by atoms with van der Waals surface area (Å²) < 4.78 is 0.968. The highest BCUT2D eigenvalue weighted by molar-refractivity contribution is 9.15. The molecule has 0 spiro atoms. The molecule has 3 nitrogen and oxygen atoms in total. The summed E-state index contributed by atoms with van der Waals surface area (Å²) in [6.07, 6.45) is 4.62. The SMILES string of the molecule is Cc1cc(C(=O)O)[nH]c1/C(Br)=C\C1CC1. The molecule has 15 heavy (non-hydrogen) atoms. The zero-order chi connectivity index (χ0) is 11.0. The van der Waals surface area contributed by atoms with Crippen LogP contribution in [-0.2, 0) is 0 Å². The third-order valence-corrected chi connectivity index (χ3v) is 3.15. The fourth-order valence-electron chi connectivity index (χ4n) is 1.47. The molecule has 0 radical (unpaired) electrons. The van der Waals surface area contributed by atoms with E-state index in [4.69, 9.17) is 5.11 Å². The van der Waals surface area contributed by atoms with Crippen molar-refractivity contribution in [3.8, 4) is 0 Å². The summed E-state index contributed by atoms with van der Waals surface area (Å²) in [7, 11) is 0. The Morgan fingerprint density at radius 2 is 2.33 bits per heavy atom. The molecule has 1 fully saturated rings. The Kier molecular flexibility index (Phi) is 2.69. The first-order chi connectivity index (χ1) is 7.08. The summed E-state index contributed by atoms with van der Waals surface area (Å²) in [5, 5.41) is 8.83. The zero-order valence-electron chi connectivity index (χ0n) is 8.38. The van der Waals surface area contributed by atoms with Gasteiger partial charge in [-0.15, -0.1) is 0 Å². The van der Waals surface area contributed by atoms with E-state index in [1.165, 1.54) is 12.8 Å². The molecule has 0 bridgehead atoms. The van der Waals surface area contributed by atoms with Crippen LogP contribution in [0.4, 0.5) is 0 Å². The number of carboxylic acids is 1. The number of nitrogens with one attached hydrogen (secondary N) is 1. The van der Waals surface area contributed by atoms with Crippen molar-refractivity contribution < 1.29 is 9.90 Å². The van der Waals surface area contributed by atoms with Crippen molar-refractivity contribution in [2.24, 2.45) is 5.92 Å². The number of hydrogen-bond acceptors (Lipinski definition) is 1. The molecule has 0 aromatic carbocycles. The van der Waals surface area contributed by atoms with Crippen molar-refractivity contribution in [2.75, 3.05) is 0 Å². The highest BCUT2D eigenvalue weighted by Crippen LogP contribution is 2.35. The number of rotatable bonds is 3. The highest BCUT2D eigenvalue weighted by atomic mass is 79.9. The van der Waals surface area contributed by atoms with Crippen LogP contribution in [0.3, 0.4) is 0 Å². The number of carboxylic acid groups (broad SMARTS) is 1. The summed E-state index contributed by atoms with van der Waals surface area (Å²) >= 11 is 3.48. The van der Waals surface area contributed by atoms with Gasteiger partial charge >= 0.3 is 5.97 Å². The Bertz CT molecular complexity index is 430. The number of allylic oxidation sites excluding steroid dienone is 1. The van der Waals surface area contributed by atoms with Gasteiger partial charge in [-0.1, -0.05) is 6.08 Å². The number of H-pyrrole nitrogens is 1. The van der Waals surface area contributed by atoms with Crippen molar-refractivity contribution in [1.82, 2.24) is 4.98 Å². The number of aryl methyl sites for hydroxylation is 1. The Morgan fingerprint density at radius 3 is 2.80 bits per heavy atom. The molecule has 0 unspecified atom stereocenters. The number of aromatic carboxylic acids is 1. The Balaban J connectivity index is 2.30. The van der Waals surface area contributed by atoms with Crippen molar-refractivity contribution in [1.29, 1.82) is 0 Å². The first-order valence-corrected chi connectivity index (χ1v) is 5.68. The average molecular weight is 270 g/mol. The maximum atomic E-state index is 10.8. The minimum Gasteiger partial charge on any atom is -0.477 e. The van der Waals surface area contributed by atoms with Gasteiger partial charge in [-0.2, -0.15) is 0 Å². The number of carbonyl (C=O) groups is 1. The monoisotopic (exact) mass is 269 g/mol. The first kappa shape index (κ1) is 10.5. The van der Waals surface area contributed by atoms with Gasteiger partial charge in [-0.25, -0.2) is 4.79 Å². The maximum Gasteiger partial charge on any atom is 0.352 e. The molecule has 1 aliphatic carbocycles. The summed E-state index contributed by atoms with van der Waals surface area (Å²) in [5.41, 5.74) is 2.07. The number of halogens is 1. The quantitative estimate of drug-likeness (QED) is 0.886. The second kappa shape index (κ2) is 3.85. The molecule has 4 heteroatoms.